The molecule has 4 heteroatoms. The molecule has 1 nitrogen and oxygen atoms in total. The van der Waals surface area contributed by atoms with Gasteiger partial charge in [-0.3, -0.25) is 0 Å². The minimum absolute atomic E-state index is 0.155. The van der Waals surface area contributed by atoms with Crippen molar-refractivity contribution in [2.45, 2.75) is 19.5 Å². The summed E-state index contributed by atoms with van der Waals surface area (Å²) in [6, 6.07) is 13.1. The lowest BCUT2D eigenvalue weighted by atomic mass is 10.1. The van der Waals surface area contributed by atoms with Crippen LogP contribution in [0.2, 0.25) is 5.02 Å². The Bertz CT molecular complexity index is 574. The van der Waals surface area contributed by atoms with Crippen molar-refractivity contribution in [3.8, 4) is 0 Å². The zero-order chi connectivity index (χ0) is 13.8. The standard InChI is InChI=1S/C15H14BrClFN/c1-10(12-4-2-3-5-13(12)16)19-9-11-6-7-14(17)15(18)8-11/h2-8,10,19H,9H2,1H3/t10-/m0/s1. The molecule has 2 aromatic rings. The summed E-state index contributed by atoms with van der Waals surface area (Å²) in [4.78, 5) is 0. The van der Waals surface area contributed by atoms with Crippen molar-refractivity contribution in [3.63, 3.8) is 0 Å². The van der Waals surface area contributed by atoms with E-state index in [9.17, 15) is 4.39 Å². The van der Waals surface area contributed by atoms with E-state index in [1.807, 2.05) is 24.3 Å². The van der Waals surface area contributed by atoms with Gasteiger partial charge in [0.05, 0.1) is 5.02 Å². The molecule has 2 aromatic carbocycles. The first kappa shape index (κ1) is 14.5. The van der Waals surface area contributed by atoms with Crippen LogP contribution in [0.15, 0.2) is 46.9 Å². The van der Waals surface area contributed by atoms with Gasteiger partial charge in [-0.2, -0.15) is 0 Å². The van der Waals surface area contributed by atoms with Crippen LogP contribution in [0.4, 0.5) is 4.39 Å². The van der Waals surface area contributed by atoms with Gasteiger partial charge in [-0.25, -0.2) is 4.39 Å². The van der Waals surface area contributed by atoms with E-state index >= 15 is 0 Å². The third kappa shape index (κ3) is 3.78. The molecule has 0 radical (unpaired) electrons. The maximum absolute atomic E-state index is 13.3. The summed E-state index contributed by atoms with van der Waals surface area (Å²) in [7, 11) is 0. The average molecular weight is 343 g/mol. The summed E-state index contributed by atoms with van der Waals surface area (Å²) < 4.78 is 14.4. The van der Waals surface area contributed by atoms with Gasteiger partial charge in [0, 0.05) is 17.1 Å². The Balaban J connectivity index is 2.02. The Morgan fingerprint density at radius 1 is 1.26 bits per heavy atom. The molecular formula is C15H14BrClFN. The molecule has 0 fully saturated rings. The van der Waals surface area contributed by atoms with Gasteiger partial charge < -0.3 is 5.32 Å². The van der Waals surface area contributed by atoms with E-state index in [0.29, 0.717) is 6.54 Å². The molecule has 0 spiro atoms. The van der Waals surface area contributed by atoms with Crippen molar-refractivity contribution in [1.29, 1.82) is 0 Å². The lowest BCUT2D eigenvalue weighted by Gasteiger charge is -2.16. The van der Waals surface area contributed by atoms with Gasteiger partial charge >= 0.3 is 0 Å². The van der Waals surface area contributed by atoms with Gasteiger partial charge in [-0.1, -0.05) is 51.8 Å². The van der Waals surface area contributed by atoms with Gasteiger partial charge in [0.15, 0.2) is 0 Å². The van der Waals surface area contributed by atoms with Gasteiger partial charge in [0.2, 0.25) is 0 Å². The van der Waals surface area contributed by atoms with Crippen LogP contribution >= 0.6 is 27.5 Å². The van der Waals surface area contributed by atoms with Crippen LogP contribution in [0, 0.1) is 5.82 Å². The predicted octanol–water partition coefficient (Wildman–Crippen LogP) is 5.09. The number of halogens is 3. The Hall–Kier alpha value is -0.900. The fourth-order valence-electron chi connectivity index (χ4n) is 1.86. The third-order valence-corrected chi connectivity index (χ3v) is 4.00. The zero-order valence-corrected chi connectivity index (χ0v) is 12.8. The molecular weight excluding hydrogens is 329 g/mol. The summed E-state index contributed by atoms with van der Waals surface area (Å²) >= 11 is 9.19. The van der Waals surface area contributed by atoms with E-state index < -0.39 is 0 Å². The molecule has 1 N–H and O–H groups in total. The van der Waals surface area contributed by atoms with Crippen molar-refractivity contribution in [2.24, 2.45) is 0 Å². The number of hydrogen-bond donors (Lipinski definition) is 1. The molecule has 19 heavy (non-hydrogen) atoms. The summed E-state index contributed by atoms with van der Waals surface area (Å²) in [5.74, 6) is -0.380. The maximum Gasteiger partial charge on any atom is 0.142 e. The summed E-state index contributed by atoms with van der Waals surface area (Å²) in [6.45, 7) is 2.67. The van der Waals surface area contributed by atoms with E-state index in [1.165, 1.54) is 11.6 Å². The van der Waals surface area contributed by atoms with E-state index in [1.54, 1.807) is 6.07 Å². The topological polar surface area (TPSA) is 12.0 Å². The van der Waals surface area contributed by atoms with Gasteiger partial charge in [-0.05, 0) is 36.2 Å². The predicted molar refractivity (Wildman–Crippen MR) is 80.8 cm³/mol. The van der Waals surface area contributed by atoms with Crippen LogP contribution in [-0.4, -0.2) is 0 Å². The van der Waals surface area contributed by atoms with Crippen LogP contribution in [0.25, 0.3) is 0 Å². The molecule has 100 valence electrons. The highest BCUT2D eigenvalue weighted by Crippen LogP contribution is 2.23. The highest BCUT2D eigenvalue weighted by Gasteiger charge is 2.08. The fraction of sp³-hybridized carbons (Fsp3) is 0.200. The van der Waals surface area contributed by atoms with Crippen LogP contribution in [0.3, 0.4) is 0 Å². The Morgan fingerprint density at radius 3 is 2.68 bits per heavy atom. The van der Waals surface area contributed by atoms with E-state index in [4.69, 9.17) is 11.6 Å². The van der Waals surface area contributed by atoms with Gasteiger partial charge in [0.25, 0.3) is 0 Å². The number of benzene rings is 2. The van der Waals surface area contributed by atoms with E-state index in [0.717, 1.165) is 10.0 Å². The quantitative estimate of drug-likeness (QED) is 0.816. The minimum Gasteiger partial charge on any atom is -0.306 e. The first-order valence-electron chi connectivity index (χ1n) is 5.99. The Morgan fingerprint density at radius 2 is 2.00 bits per heavy atom. The van der Waals surface area contributed by atoms with Gasteiger partial charge in [0.1, 0.15) is 5.82 Å². The molecule has 0 saturated heterocycles. The summed E-state index contributed by atoms with van der Waals surface area (Å²) in [6.07, 6.45) is 0. The van der Waals surface area contributed by atoms with Crippen LogP contribution < -0.4 is 5.32 Å². The van der Waals surface area contributed by atoms with E-state index in [-0.39, 0.29) is 16.9 Å². The zero-order valence-electron chi connectivity index (χ0n) is 10.5. The second-order valence-electron chi connectivity index (χ2n) is 4.37. The van der Waals surface area contributed by atoms with Crippen LogP contribution in [0.5, 0.6) is 0 Å². The Kier molecular flexibility index (Phi) is 4.97. The molecule has 1 atom stereocenters. The first-order valence-corrected chi connectivity index (χ1v) is 7.17. The van der Waals surface area contributed by atoms with Crippen LogP contribution in [-0.2, 0) is 6.54 Å². The van der Waals surface area contributed by atoms with Crippen LogP contribution in [0.1, 0.15) is 24.1 Å². The normalized spacial score (nSPS) is 12.4. The average Bonchev–Trinajstić information content (AvgIpc) is 2.40. The monoisotopic (exact) mass is 341 g/mol. The molecule has 0 bridgehead atoms. The van der Waals surface area contributed by atoms with Crippen molar-refractivity contribution >= 4 is 27.5 Å². The Labute approximate surface area is 125 Å². The summed E-state index contributed by atoms with van der Waals surface area (Å²) in [5.41, 5.74) is 2.05. The van der Waals surface area contributed by atoms with E-state index in [2.05, 4.69) is 34.2 Å². The molecule has 0 aromatic heterocycles. The molecule has 0 aliphatic heterocycles. The lowest BCUT2D eigenvalue weighted by molar-refractivity contribution is 0.567. The van der Waals surface area contributed by atoms with Gasteiger partial charge in [-0.15, -0.1) is 0 Å². The molecule has 0 saturated carbocycles. The first-order chi connectivity index (χ1) is 9.08. The van der Waals surface area contributed by atoms with Crippen molar-refractivity contribution < 1.29 is 4.39 Å². The highest BCUT2D eigenvalue weighted by molar-refractivity contribution is 9.10. The van der Waals surface area contributed by atoms with Crippen molar-refractivity contribution in [1.82, 2.24) is 5.32 Å². The molecule has 0 aliphatic rings. The third-order valence-electron chi connectivity index (χ3n) is 2.97. The summed E-state index contributed by atoms with van der Waals surface area (Å²) in [5, 5.41) is 3.52. The lowest BCUT2D eigenvalue weighted by Crippen LogP contribution is -2.18. The number of rotatable bonds is 4. The fourth-order valence-corrected chi connectivity index (χ4v) is 2.60. The SMILES string of the molecule is C[C@H](NCc1ccc(Cl)c(F)c1)c1ccccc1Br. The van der Waals surface area contributed by atoms with Crippen molar-refractivity contribution in [2.75, 3.05) is 0 Å². The molecule has 0 amide bonds. The maximum atomic E-state index is 13.3. The second-order valence-corrected chi connectivity index (χ2v) is 5.63. The second kappa shape index (κ2) is 6.51. The number of nitrogens with one attached hydrogen (secondary N) is 1. The minimum atomic E-state index is -0.380. The smallest absolute Gasteiger partial charge is 0.142 e. The molecule has 2 rings (SSSR count). The molecule has 0 aliphatic carbocycles. The molecule has 0 heterocycles. The van der Waals surface area contributed by atoms with Crippen molar-refractivity contribution in [3.05, 3.63) is 68.9 Å². The number of hydrogen-bond acceptors (Lipinski definition) is 1. The molecule has 0 unspecified atom stereocenters. The highest BCUT2D eigenvalue weighted by atomic mass is 79.9. The largest absolute Gasteiger partial charge is 0.306 e.